The van der Waals surface area contributed by atoms with Crippen molar-refractivity contribution < 1.29 is 9.50 Å². The Morgan fingerprint density at radius 1 is 1.29 bits per heavy atom. The van der Waals surface area contributed by atoms with E-state index in [0.29, 0.717) is 16.6 Å². The van der Waals surface area contributed by atoms with Crippen LogP contribution in [0.25, 0.3) is 0 Å². The van der Waals surface area contributed by atoms with Crippen LogP contribution in [0.15, 0.2) is 22.7 Å². The van der Waals surface area contributed by atoms with Gasteiger partial charge < -0.3 is 10.4 Å². The highest BCUT2D eigenvalue weighted by Crippen LogP contribution is 2.27. The molecule has 2 nitrogen and oxygen atoms in total. The molecule has 0 aliphatic heterocycles. The molecule has 96 valence electrons. The van der Waals surface area contributed by atoms with E-state index in [1.54, 1.807) is 25.1 Å². The fourth-order valence-corrected chi connectivity index (χ4v) is 1.82. The molecule has 0 fully saturated rings. The Morgan fingerprint density at radius 3 is 2.41 bits per heavy atom. The Bertz CT molecular complexity index is 399. The van der Waals surface area contributed by atoms with E-state index >= 15 is 0 Å². The Kier molecular flexibility index (Phi) is 4.33. The smallest absolute Gasteiger partial charge is 0.143 e. The van der Waals surface area contributed by atoms with E-state index in [1.165, 1.54) is 0 Å². The Morgan fingerprint density at radius 2 is 1.88 bits per heavy atom. The lowest BCUT2D eigenvalue weighted by Gasteiger charge is -2.30. The number of rotatable bonds is 3. The molecule has 1 atom stereocenters. The number of β-amino-alcohol motifs (C(OH)–C–C–N with tert-alkyl or cyclic N) is 1. The average Bonchev–Trinajstić information content (AvgIpc) is 2.18. The first-order valence-electron chi connectivity index (χ1n) is 5.55. The second kappa shape index (κ2) is 5.04. The van der Waals surface area contributed by atoms with Gasteiger partial charge in [-0.1, -0.05) is 12.1 Å². The molecule has 0 heterocycles. The second-order valence-electron chi connectivity index (χ2n) is 5.48. The topological polar surface area (TPSA) is 32.3 Å². The van der Waals surface area contributed by atoms with Gasteiger partial charge in [0.05, 0.1) is 4.47 Å². The van der Waals surface area contributed by atoms with Crippen molar-refractivity contribution in [2.75, 3.05) is 6.54 Å². The van der Waals surface area contributed by atoms with Crippen molar-refractivity contribution in [3.05, 3.63) is 34.1 Å². The third kappa shape index (κ3) is 4.05. The van der Waals surface area contributed by atoms with Crippen molar-refractivity contribution >= 4 is 15.9 Å². The summed E-state index contributed by atoms with van der Waals surface area (Å²) in [7, 11) is 0. The van der Waals surface area contributed by atoms with Crippen LogP contribution in [0.1, 0.15) is 33.3 Å². The quantitative estimate of drug-likeness (QED) is 0.899. The number of halogens is 2. The van der Waals surface area contributed by atoms with Gasteiger partial charge in [-0.2, -0.15) is 0 Å². The largest absolute Gasteiger partial charge is 0.384 e. The van der Waals surface area contributed by atoms with Gasteiger partial charge in [0.2, 0.25) is 0 Å². The van der Waals surface area contributed by atoms with Crippen molar-refractivity contribution in [3.8, 4) is 0 Å². The highest BCUT2D eigenvalue weighted by Gasteiger charge is 2.28. The van der Waals surface area contributed by atoms with Gasteiger partial charge in [0.15, 0.2) is 0 Å². The maximum atomic E-state index is 13.9. The molecule has 1 unspecified atom stereocenters. The molecule has 0 saturated heterocycles. The molecule has 0 spiro atoms. The van der Waals surface area contributed by atoms with Gasteiger partial charge >= 0.3 is 0 Å². The summed E-state index contributed by atoms with van der Waals surface area (Å²) in [5.74, 6) is -0.409. The molecule has 0 bridgehead atoms. The highest BCUT2D eigenvalue weighted by atomic mass is 79.9. The van der Waals surface area contributed by atoms with Crippen LogP contribution in [-0.4, -0.2) is 17.2 Å². The molecule has 0 aliphatic rings. The predicted octanol–water partition coefficient (Wildman–Crippen LogP) is 3.18. The summed E-state index contributed by atoms with van der Waals surface area (Å²) in [5.41, 5.74) is -1.06. The Labute approximate surface area is 110 Å². The fraction of sp³-hybridized carbons (Fsp3) is 0.538. The van der Waals surface area contributed by atoms with Gasteiger partial charge in [-0.05, 0) is 49.7 Å². The van der Waals surface area contributed by atoms with Gasteiger partial charge in [-0.25, -0.2) is 4.39 Å². The van der Waals surface area contributed by atoms with E-state index in [0.717, 1.165) is 0 Å². The molecule has 0 aliphatic carbocycles. The number of nitrogens with one attached hydrogen (secondary N) is 1. The standard InChI is InChI=1S/C13H19BrFNO/c1-12(2,3)16-8-13(4,17)9-6-5-7-10(14)11(9)15/h5-7,16-17H,8H2,1-4H3. The third-order valence-electron chi connectivity index (χ3n) is 2.49. The van der Waals surface area contributed by atoms with Crippen LogP contribution in [-0.2, 0) is 5.60 Å². The first kappa shape index (κ1) is 14.6. The van der Waals surface area contributed by atoms with Crippen LogP contribution in [0.4, 0.5) is 4.39 Å². The van der Waals surface area contributed by atoms with Crippen LogP contribution in [0.3, 0.4) is 0 Å². The lowest BCUT2D eigenvalue weighted by atomic mass is 9.94. The molecule has 0 aromatic heterocycles. The minimum atomic E-state index is -1.23. The minimum absolute atomic E-state index is 0.119. The van der Waals surface area contributed by atoms with Gasteiger partial charge in [-0.3, -0.25) is 0 Å². The monoisotopic (exact) mass is 303 g/mol. The number of benzene rings is 1. The summed E-state index contributed by atoms with van der Waals surface area (Å²) < 4.78 is 14.2. The Balaban J connectivity index is 2.93. The van der Waals surface area contributed by atoms with Gasteiger partial charge in [0.25, 0.3) is 0 Å². The van der Waals surface area contributed by atoms with Crippen molar-refractivity contribution in [2.24, 2.45) is 0 Å². The molecule has 1 aromatic rings. The fourth-order valence-electron chi connectivity index (χ4n) is 1.45. The van der Waals surface area contributed by atoms with Crippen molar-refractivity contribution in [1.29, 1.82) is 0 Å². The lowest BCUT2D eigenvalue weighted by Crippen LogP contribution is -2.45. The van der Waals surface area contributed by atoms with Gasteiger partial charge in [-0.15, -0.1) is 0 Å². The maximum absolute atomic E-state index is 13.9. The molecule has 2 N–H and O–H groups in total. The van der Waals surface area contributed by atoms with Crippen LogP contribution < -0.4 is 5.32 Å². The molecular weight excluding hydrogens is 285 g/mol. The molecule has 1 aromatic carbocycles. The van der Waals surface area contributed by atoms with Crippen LogP contribution >= 0.6 is 15.9 Å². The zero-order valence-electron chi connectivity index (χ0n) is 10.6. The summed E-state index contributed by atoms with van der Waals surface area (Å²) in [5, 5.41) is 13.5. The van der Waals surface area contributed by atoms with E-state index in [9.17, 15) is 9.50 Å². The molecular formula is C13H19BrFNO. The third-order valence-corrected chi connectivity index (χ3v) is 3.11. The summed E-state index contributed by atoms with van der Waals surface area (Å²) in [6.07, 6.45) is 0. The van der Waals surface area contributed by atoms with Crippen molar-refractivity contribution in [3.63, 3.8) is 0 Å². The molecule has 17 heavy (non-hydrogen) atoms. The van der Waals surface area contributed by atoms with E-state index in [1.807, 2.05) is 20.8 Å². The zero-order chi connectivity index (χ0) is 13.3. The first-order chi connectivity index (χ1) is 7.63. The molecule has 0 amide bonds. The van der Waals surface area contributed by atoms with Crippen LogP contribution in [0, 0.1) is 5.82 Å². The second-order valence-corrected chi connectivity index (χ2v) is 6.33. The summed E-state index contributed by atoms with van der Waals surface area (Å²) in [6, 6.07) is 4.94. The molecule has 0 saturated carbocycles. The highest BCUT2D eigenvalue weighted by molar-refractivity contribution is 9.10. The number of hydrogen-bond donors (Lipinski definition) is 2. The van der Waals surface area contributed by atoms with E-state index in [2.05, 4.69) is 21.2 Å². The zero-order valence-corrected chi connectivity index (χ0v) is 12.2. The van der Waals surface area contributed by atoms with Gasteiger partial charge in [0, 0.05) is 17.6 Å². The first-order valence-corrected chi connectivity index (χ1v) is 6.35. The average molecular weight is 304 g/mol. The van der Waals surface area contributed by atoms with E-state index in [-0.39, 0.29) is 5.54 Å². The predicted molar refractivity (Wildman–Crippen MR) is 71.4 cm³/mol. The maximum Gasteiger partial charge on any atom is 0.143 e. The summed E-state index contributed by atoms with van der Waals surface area (Å²) in [6.45, 7) is 7.90. The van der Waals surface area contributed by atoms with E-state index in [4.69, 9.17) is 0 Å². The molecule has 4 heteroatoms. The normalized spacial score (nSPS) is 15.7. The SMILES string of the molecule is CC(C)(C)NCC(C)(O)c1cccc(Br)c1F. The molecule has 0 radical (unpaired) electrons. The lowest BCUT2D eigenvalue weighted by molar-refractivity contribution is 0.0465. The van der Waals surface area contributed by atoms with Crippen molar-refractivity contribution in [1.82, 2.24) is 5.32 Å². The summed E-state index contributed by atoms with van der Waals surface area (Å²) >= 11 is 3.12. The number of hydrogen-bond acceptors (Lipinski definition) is 2. The summed E-state index contributed by atoms with van der Waals surface area (Å²) in [4.78, 5) is 0. The van der Waals surface area contributed by atoms with Crippen LogP contribution in [0.2, 0.25) is 0 Å². The van der Waals surface area contributed by atoms with Crippen molar-refractivity contribution in [2.45, 2.75) is 38.8 Å². The molecule has 1 rings (SSSR count). The number of aliphatic hydroxyl groups is 1. The van der Waals surface area contributed by atoms with Crippen LogP contribution in [0.5, 0.6) is 0 Å². The minimum Gasteiger partial charge on any atom is -0.384 e. The Hall–Kier alpha value is -0.450. The van der Waals surface area contributed by atoms with Gasteiger partial charge in [0.1, 0.15) is 11.4 Å². The van der Waals surface area contributed by atoms with E-state index < -0.39 is 11.4 Å².